The molecule has 2 aromatic carbocycles. The first-order valence-electron chi connectivity index (χ1n) is 8.61. The van der Waals surface area contributed by atoms with Crippen molar-refractivity contribution in [2.24, 2.45) is 0 Å². The molecule has 0 aromatic heterocycles. The molecule has 5 nitrogen and oxygen atoms in total. The average molecular weight is 340 g/mol. The third kappa shape index (κ3) is 4.44. The van der Waals surface area contributed by atoms with Crippen LogP contribution in [0.5, 0.6) is 11.5 Å². The summed E-state index contributed by atoms with van der Waals surface area (Å²) in [6.45, 7) is 1.73. The third-order valence-electron chi connectivity index (χ3n) is 4.49. The Bertz CT molecular complexity index is 732. The quantitative estimate of drug-likeness (QED) is 0.879. The van der Waals surface area contributed by atoms with Gasteiger partial charge < -0.3 is 20.1 Å². The number of anilines is 1. The van der Waals surface area contributed by atoms with Gasteiger partial charge in [0.2, 0.25) is 5.91 Å². The molecular weight excluding hydrogens is 316 g/mol. The second-order valence-electron chi connectivity index (χ2n) is 6.37. The lowest BCUT2D eigenvalue weighted by Gasteiger charge is -2.35. The van der Waals surface area contributed by atoms with Gasteiger partial charge in [0, 0.05) is 19.1 Å². The smallest absolute Gasteiger partial charge is 0.224 e. The highest BCUT2D eigenvalue weighted by Crippen LogP contribution is 2.29. The molecule has 1 fully saturated rings. The summed E-state index contributed by atoms with van der Waals surface area (Å²) < 4.78 is 5.45. The molecule has 1 amide bonds. The lowest BCUT2D eigenvalue weighted by molar-refractivity contribution is -0.121. The summed E-state index contributed by atoms with van der Waals surface area (Å²) in [5.41, 5.74) is 1.88. The van der Waals surface area contributed by atoms with E-state index >= 15 is 0 Å². The predicted molar refractivity (Wildman–Crippen MR) is 98.2 cm³/mol. The number of phenols is 1. The highest BCUT2D eigenvalue weighted by molar-refractivity contribution is 5.79. The maximum Gasteiger partial charge on any atom is 0.224 e. The van der Waals surface area contributed by atoms with Crippen molar-refractivity contribution in [3.63, 3.8) is 0 Å². The van der Waals surface area contributed by atoms with Crippen molar-refractivity contribution >= 4 is 11.6 Å². The summed E-state index contributed by atoms with van der Waals surface area (Å²) in [6.07, 6.45) is 2.27. The summed E-state index contributed by atoms with van der Waals surface area (Å²) in [6, 6.07) is 14.9. The van der Waals surface area contributed by atoms with E-state index in [2.05, 4.69) is 16.3 Å². The Morgan fingerprint density at radius 1 is 1.28 bits per heavy atom. The number of methoxy groups -OCH3 is 1. The van der Waals surface area contributed by atoms with E-state index < -0.39 is 0 Å². The van der Waals surface area contributed by atoms with E-state index in [-0.39, 0.29) is 24.1 Å². The van der Waals surface area contributed by atoms with E-state index in [0.29, 0.717) is 0 Å². The van der Waals surface area contributed by atoms with Crippen LogP contribution in [0.1, 0.15) is 18.4 Å². The zero-order valence-corrected chi connectivity index (χ0v) is 14.4. The van der Waals surface area contributed by atoms with Gasteiger partial charge in [-0.1, -0.05) is 24.3 Å². The fraction of sp³-hybridized carbons (Fsp3) is 0.350. The Labute approximate surface area is 148 Å². The van der Waals surface area contributed by atoms with Crippen molar-refractivity contribution in [1.29, 1.82) is 0 Å². The highest BCUT2D eigenvalue weighted by Gasteiger charge is 2.23. The number of piperidine rings is 1. The standard InChI is InChI=1S/C20H24N2O3/c1-25-19-10-3-2-9-18(19)22-11-5-7-16(14-22)21-20(24)13-15-6-4-8-17(23)12-15/h2-4,6,8-10,12,16,23H,5,7,11,13-14H2,1H3,(H,21,24)/t16-/m1/s1. The number of ether oxygens (including phenoxy) is 1. The van der Waals surface area contributed by atoms with E-state index in [1.807, 2.05) is 24.3 Å². The first kappa shape index (κ1) is 17.1. The van der Waals surface area contributed by atoms with Gasteiger partial charge in [-0.05, 0) is 42.7 Å². The average Bonchev–Trinajstić information content (AvgIpc) is 2.62. The fourth-order valence-corrected chi connectivity index (χ4v) is 3.34. The molecule has 132 valence electrons. The minimum absolute atomic E-state index is 0.0162. The summed E-state index contributed by atoms with van der Waals surface area (Å²) in [5, 5.41) is 12.6. The first-order valence-corrected chi connectivity index (χ1v) is 8.61. The van der Waals surface area contributed by atoms with E-state index in [1.165, 1.54) is 0 Å². The number of hydrogen-bond acceptors (Lipinski definition) is 4. The molecule has 2 N–H and O–H groups in total. The fourth-order valence-electron chi connectivity index (χ4n) is 3.34. The Balaban J connectivity index is 1.60. The van der Waals surface area contributed by atoms with Crippen LogP contribution in [0.2, 0.25) is 0 Å². The van der Waals surface area contributed by atoms with Gasteiger partial charge in [0.25, 0.3) is 0 Å². The number of amides is 1. The molecular formula is C20H24N2O3. The van der Waals surface area contributed by atoms with Crippen LogP contribution in [0.3, 0.4) is 0 Å². The van der Waals surface area contributed by atoms with Gasteiger partial charge in [-0.2, -0.15) is 0 Å². The molecule has 0 bridgehead atoms. The number of rotatable bonds is 5. The molecule has 1 heterocycles. The SMILES string of the molecule is COc1ccccc1N1CCC[C@@H](NC(=O)Cc2cccc(O)c2)C1. The maximum atomic E-state index is 12.3. The topological polar surface area (TPSA) is 61.8 Å². The number of phenolic OH excluding ortho intramolecular Hbond substituents is 1. The van der Waals surface area contributed by atoms with Crippen LogP contribution in [-0.4, -0.2) is 37.3 Å². The Kier molecular flexibility index (Phi) is 5.43. The molecule has 0 radical (unpaired) electrons. The molecule has 2 aromatic rings. The number of benzene rings is 2. The zero-order chi connectivity index (χ0) is 17.6. The van der Waals surface area contributed by atoms with Gasteiger partial charge >= 0.3 is 0 Å². The number of aromatic hydroxyl groups is 1. The molecule has 0 aliphatic carbocycles. The molecule has 1 aliphatic rings. The molecule has 0 unspecified atom stereocenters. The van der Waals surface area contributed by atoms with Crippen LogP contribution in [0.4, 0.5) is 5.69 Å². The minimum atomic E-state index is -0.0162. The Morgan fingerprint density at radius 3 is 2.92 bits per heavy atom. The number of hydrogen-bond donors (Lipinski definition) is 2. The van der Waals surface area contributed by atoms with Crippen LogP contribution in [0.25, 0.3) is 0 Å². The highest BCUT2D eigenvalue weighted by atomic mass is 16.5. The van der Waals surface area contributed by atoms with Gasteiger partial charge in [-0.3, -0.25) is 4.79 Å². The van der Waals surface area contributed by atoms with Gasteiger partial charge in [-0.25, -0.2) is 0 Å². The number of nitrogens with zero attached hydrogens (tertiary/aromatic N) is 1. The van der Waals surface area contributed by atoms with Gasteiger partial charge in [0.1, 0.15) is 11.5 Å². The summed E-state index contributed by atoms with van der Waals surface area (Å²) in [5.74, 6) is 1.03. The largest absolute Gasteiger partial charge is 0.508 e. The molecule has 0 spiro atoms. The minimum Gasteiger partial charge on any atom is -0.508 e. The summed E-state index contributed by atoms with van der Waals surface area (Å²) >= 11 is 0. The third-order valence-corrected chi connectivity index (χ3v) is 4.49. The summed E-state index contributed by atoms with van der Waals surface area (Å²) in [7, 11) is 1.68. The molecule has 5 heteroatoms. The number of carbonyl (C=O) groups is 1. The molecule has 1 atom stereocenters. The van der Waals surface area contributed by atoms with Crippen molar-refractivity contribution in [1.82, 2.24) is 5.32 Å². The maximum absolute atomic E-state index is 12.3. The number of para-hydroxylation sites is 2. The second kappa shape index (κ2) is 7.92. The molecule has 0 saturated carbocycles. The van der Waals surface area contributed by atoms with Crippen LogP contribution >= 0.6 is 0 Å². The van der Waals surface area contributed by atoms with Crippen molar-refractivity contribution in [2.45, 2.75) is 25.3 Å². The van der Waals surface area contributed by atoms with Crippen LogP contribution in [0.15, 0.2) is 48.5 Å². The number of nitrogens with one attached hydrogen (secondary N) is 1. The monoisotopic (exact) mass is 340 g/mol. The lowest BCUT2D eigenvalue weighted by Crippen LogP contribution is -2.48. The van der Waals surface area contributed by atoms with E-state index in [0.717, 1.165) is 42.9 Å². The van der Waals surface area contributed by atoms with Crippen molar-refractivity contribution in [3.05, 3.63) is 54.1 Å². The zero-order valence-electron chi connectivity index (χ0n) is 14.4. The van der Waals surface area contributed by atoms with Crippen LogP contribution in [-0.2, 0) is 11.2 Å². The normalized spacial score (nSPS) is 17.2. The van der Waals surface area contributed by atoms with Gasteiger partial charge in [0.15, 0.2) is 0 Å². The van der Waals surface area contributed by atoms with E-state index in [1.54, 1.807) is 25.3 Å². The van der Waals surface area contributed by atoms with Gasteiger partial charge in [0.05, 0.1) is 19.2 Å². The van der Waals surface area contributed by atoms with Crippen LogP contribution < -0.4 is 15.0 Å². The molecule has 1 saturated heterocycles. The van der Waals surface area contributed by atoms with Crippen LogP contribution in [0, 0.1) is 0 Å². The van der Waals surface area contributed by atoms with Crippen molar-refractivity contribution in [2.75, 3.05) is 25.1 Å². The first-order chi connectivity index (χ1) is 12.2. The number of carbonyl (C=O) groups excluding carboxylic acids is 1. The Morgan fingerprint density at radius 2 is 2.12 bits per heavy atom. The van der Waals surface area contributed by atoms with Crippen molar-refractivity contribution < 1.29 is 14.6 Å². The molecule has 25 heavy (non-hydrogen) atoms. The van der Waals surface area contributed by atoms with E-state index in [4.69, 9.17) is 4.74 Å². The predicted octanol–water partition coefficient (Wildman–Crippen LogP) is 2.73. The van der Waals surface area contributed by atoms with Gasteiger partial charge in [-0.15, -0.1) is 0 Å². The van der Waals surface area contributed by atoms with E-state index in [9.17, 15) is 9.90 Å². The molecule has 1 aliphatic heterocycles. The van der Waals surface area contributed by atoms with Crippen molar-refractivity contribution in [3.8, 4) is 11.5 Å². The lowest BCUT2D eigenvalue weighted by atomic mass is 10.0. The summed E-state index contributed by atoms with van der Waals surface area (Å²) in [4.78, 5) is 14.6. The molecule has 3 rings (SSSR count). The second-order valence-corrected chi connectivity index (χ2v) is 6.37. The Hall–Kier alpha value is -2.69.